The summed E-state index contributed by atoms with van der Waals surface area (Å²) >= 11 is 0. The van der Waals surface area contributed by atoms with Crippen LogP contribution in [-0.4, -0.2) is 27.2 Å². The average Bonchev–Trinajstić information content (AvgIpc) is 2.47. The fourth-order valence-corrected chi connectivity index (χ4v) is 1.97. The zero-order valence-electron chi connectivity index (χ0n) is 10.2. The van der Waals surface area contributed by atoms with Crippen LogP contribution in [-0.2, 0) is 0 Å². The molecule has 0 amide bonds. The third-order valence-corrected chi connectivity index (χ3v) is 2.87. The summed E-state index contributed by atoms with van der Waals surface area (Å²) in [5, 5.41) is 10.6. The molecular weight excluding hydrogens is 242 g/mol. The van der Waals surface area contributed by atoms with Gasteiger partial charge >= 0.3 is 0 Å². The first-order valence-electron chi connectivity index (χ1n) is 5.71. The van der Waals surface area contributed by atoms with E-state index < -0.39 is 0 Å². The van der Waals surface area contributed by atoms with Gasteiger partial charge in [0.15, 0.2) is 11.5 Å². The highest BCUT2D eigenvalue weighted by atomic mass is 16.5. The maximum atomic E-state index is 9.88. The molecule has 19 heavy (non-hydrogen) atoms. The van der Waals surface area contributed by atoms with Gasteiger partial charge < -0.3 is 9.84 Å². The van der Waals surface area contributed by atoms with E-state index in [2.05, 4.69) is 15.0 Å². The maximum Gasteiger partial charge on any atom is 0.162 e. The molecule has 0 atom stereocenters. The number of fused-ring (bicyclic) bond motifs is 1. The van der Waals surface area contributed by atoms with E-state index in [1.54, 1.807) is 24.5 Å². The van der Waals surface area contributed by atoms with E-state index in [1.165, 1.54) is 13.4 Å². The zero-order chi connectivity index (χ0) is 13.2. The van der Waals surface area contributed by atoms with Crippen LogP contribution in [0.3, 0.4) is 0 Å². The van der Waals surface area contributed by atoms with Crippen LogP contribution in [0, 0.1) is 0 Å². The zero-order valence-corrected chi connectivity index (χ0v) is 10.2. The van der Waals surface area contributed by atoms with Crippen molar-refractivity contribution in [2.45, 2.75) is 0 Å². The molecule has 3 rings (SSSR count). The van der Waals surface area contributed by atoms with Crippen LogP contribution in [0.2, 0.25) is 0 Å². The van der Waals surface area contributed by atoms with Crippen LogP contribution in [0.1, 0.15) is 0 Å². The summed E-state index contributed by atoms with van der Waals surface area (Å²) in [4.78, 5) is 12.5. The fourth-order valence-electron chi connectivity index (χ4n) is 1.97. The Morgan fingerprint density at radius 2 is 2.11 bits per heavy atom. The third kappa shape index (κ3) is 1.95. The van der Waals surface area contributed by atoms with Gasteiger partial charge in [0.05, 0.1) is 18.3 Å². The lowest BCUT2D eigenvalue weighted by atomic mass is 10.1. The van der Waals surface area contributed by atoms with Crippen LogP contribution in [0.5, 0.6) is 11.5 Å². The molecule has 0 aliphatic rings. The molecule has 5 heteroatoms. The molecule has 0 fully saturated rings. The average molecular weight is 253 g/mol. The predicted molar refractivity (Wildman–Crippen MR) is 71.0 cm³/mol. The molecule has 0 saturated carbocycles. The van der Waals surface area contributed by atoms with E-state index in [-0.39, 0.29) is 5.75 Å². The van der Waals surface area contributed by atoms with Gasteiger partial charge in [0.2, 0.25) is 0 Å². The topological polar surface area (TPSA) is 68.1 Å². The molecule has 94 valence electrons. The highest BCUT2D eigenvalue weighted by Crippen LogP contribution is 2.33. The van der Waals surface area contributed by atoms with Crippen molar-refractivity contribution in [1.82, 2.24) is 15.0 Å². The molecule has 0 radical (unpaired) electrons. The van der Waals surface area contributed by atoms with Gasteiger partial charge in [0, 0.05) is 29.4 Å². The molecule has 1 aromatic carbocycles. The highest BCUT2D eigenvalue weighted by molar-refractivity contribution is 5.93. The van der Waals surface area contributed by atoms with E-state index in [1.807, 2.05) is 12.1 Å². The normalized spacial score (nSPS) is 10.6. The molecule has 1 N–H and O–H groups in total. The smallest absolute Gasteiger partial charge is 0.162 e. The monoisotopic (exact) mass is 253 g/mol. The minimum Gasteiger partial charge on any atom is -0.504 e. The Labute approximate surface area is 109 Å². The molecule has 0 aliphatic carbocycles. The van der Waals surface area contributed by atoms with Gasteiger partial charge in [-0.1, -0.05) is 0 Å². The number of phenols is 1. The minimum atomic E-state index is 0.0648. The lowest BCUT2D eigenvalue weighted by molar-refractivity contribution is 0.374. The van der Waals surface area contributed by atoms with Crippen molar-refractivity contribution >= 4 is 10.9 Å². The number of hydrogen-bond donors (Lipinski definition) is 1. The Morgan fingerprint density at radius 1 is 1.21 bits per heavy atom. The molecule has 0 aliphatic heterocycles. The number of rotatable bonds is 2. The summed E-state index contributed by atoms with van der Waals surface area (Å²) < 4.78 is 5.08. The van der Waals surface area contributed by atoms with E-state index in [0.29, 0.717) is 11.3 Å². The quantitative estimate of drug-likeness (QED) is 0.759. The summed E-state index contributed by atoms with van der Waals surface area (Å²) in [5.41, 5.74) is 2.32. The van der Waals surface area contributed by atoms with E-state index in [0.717, 1.165) is 16.6 Å². The molecule has 0 saturated heterocycles. The molecule has 0 bridgehead atoms. The van der Waals surface area contributed by atoms with Crippen molar-refractivity contribution < 1.29 is 9.84 Å². The van der Waals surface area contributed by atoms with Crippen molar-refractivity contribution in [2.75, 3.05) is 7.11 Å². The van der Waals surface area contributed by atoms with Crippen molar-refractivity contribution in [3.05, 3.63) is 43.0 Å². The summed E-state index contributed by atoms with van der Waals surface area (Å²) in [6, 6.07) is 7.05. The van der Waals surface area contributed by atoms with Gasteiger partial charge in [-0.2, -0.15) is 0 Å². The summed E-state index contributed by atoms with van der Waals surface area (Å²) in [6.07, 6.45) is 4.91. The van der Waals surface area contributed by atoms with Crippen LogP contribution in [0.25, 0.3) is 22.2 Å². The standard InChI is InChI=1S/C14H11N3O2/c1-19-13-6-11-10(5-12(13)18)14(17-8-16-11)9-3-2-4-15-7-9/h2-8,18H,1H3. The van der Waals surface area contributed by atoms with E-state index in [9.17, 15) is 5.11 Å². The first-order chi connectivity index (χ1) is 9.29. The molecule has 2 aromatic heterocycles. The number of hydrogen-bond acceptors (Lipinski definition) is 5. The third-order valence-electron chi connectivity index (χ3n) is 2.87. The van der Waals surface area contributed by atoms with Crippen molar-refractivity contribution in [3.8, 4) is 22.8 Å². The highest BCUT2D eigenvalue weighted by Gasteiger charge is 2.10. The van der Waals surface area contributed by atoms with Crippen LogP contribution in [0.4, 0.5) is 0 Å². The molecule has 3 aromatic rings. The Kier molecular flexibility index (Phi) is 2.72. The Bertz CT molecular complexity index is 729. The molecular formula is C14H11N3O2. The number of pyridine rings is 1. The lowest BCUT2D eigenvalue weighted by Crippen LogP contribution is -1.91. The Hall–Kier alpha value is -2.69. The van der Waals surface area contributed by atoms with Crippen molar-refractivity contribution in [3.63, 3.8) is 0 Å². The molecule has 2 heterocycles. The second-order valence-corrected chi connectivity index (χ2v) is 4.01. The van der Waals surface area contributed by atoms with Crippen molar-refractivity contribution in [1.29, 1.82) is 0 Å². The minimum absolute atomic E-state index is 0.0648. The summed E-state index contributed by atoms with van der Waals surface area (Å²) in [5.74, 6) is 0.457. The number of ether oxygens (including phenoxy) is 1. The second-order valence-electron chi connectivity index (χ2n) is 4.01. The number of aromatic hydroxyl groups is 1. The van der Waals surface area contributed by atoms with Gasteiger partial charge in [0.25, 0.3) is 0 Å². The van der Waals surface area contributed by atoms with Crippen LogP contribution >= 0.6 is 0 Å². The first-order valence-corrected chi connectivity index (χ1v) is 5.71. The number of methoxy groups -OCH3 is 1. The van der Waals surface area contributed by atoms with E-state index in [4.69, 9.17) is 4.74 Å². The van der Waals surface area contributed by atoms with Crippen molar-refractivity contribution in [2.24, 2.45) is 0 Å². The number of phenolic OH excluding ortho intramolecular Hbond substituents is 1. The van der Waals surface area contributed by atoms with E-state index >= 15 is 0 Å². The fraction of sp³-hybridized carbons (Fsp3) is 0.0714. The predicted octanol–water partition coefficient (Wildman–Crippen LogP) is 2.41. The van der Waals surface area contributed by atoms with Gasteiger partial charge in [0.1, 0.15) is 6.33 Å². The lowest BCUT2D eigenvalue weighted by Gasteiger charge is -2.08. The second kappa shape index (κ2) is 4.53. The molecule has 0 unspecified atom stereocenters. The SMILES string of the molecule is COc1cc2ncnc(-c3cccnc3)c2cc1O. The number of nitrogens with zero attached hydrogens (tertiary/aromatic N) is 3. The summed E-state index contributed by atoms with van der Waals surface area (Å²) in [7, 11) is 1.50. The Balaban J connectivity index is 2.30. The van der Waals surface area contributed by atoms with Gasteiger partial charge in [-0.15, -0.1) is 0 Å². The first kappa shape index (κ1) is 11.4. The Morgan fingerprint density at radius 3 is 2.84 bits per heavy atom. The number of benzene rings is 1. The van der Waals surface area contributed by atoms with Crippen LogP contribution in [0.15, 0.2) is 43.0 Å². The van der Waals surface area contributed by atoms with Crippen LogP contribution < -0.4 is 4.74 Å². The molecule has 5 nitrogen and oxygen atoms in total. The summed E-state index contributed by atoms with van der Waals surface area (Å²) in [6.45, 7) is 0. The largest absolute Gasteiger partial charge is 0.504 e. The molecule has 0 spiro atoms. The van der Waals surface area contributed by atoms with Gasteiger partial charge in [-0.05, 0) is 18.2 Å². The van der Waals surface area contributed by atoms with Gasteiger partial charge in [-0.3, -0.25) is 4.98 Å². The van der Waals surface area contributed by atoms with Gasteiger partial charge in [-0.25, -0.2) is 9.97 Å². The maximum absolute atomic E-state index is 9.88. The number of aromatic nitrogens is 3.